The van der Waals surface area contributed by atoms with Gasteiger partial charge in [0.25, 0.3) is 5.91 Å². The van der Waals surface area contributed by atoms with Gasteiger partial charge in [-0.3, -0.25) is 14.7 Å². The van der Waals surface area contributed by atoms with Crippen LogP contribution in [0.5, 0.6) is 0 Å². The summed E-state index contributed by atoms with van der Waals surface area (Å²) in [4.78, 5) is 21.7. The number of benzene rings is 2. The quantitative estimate of drug-likeness (QED) is 0.403. The van der Waals surface area contributed by atoms with E-state index < -0.39 is 0 Å². The molecule has 192 valence electrons. The molecule has 1 saturated carbocycles. The monoisotopic (exact) mass is 496 g/mol. The lowest BCUT2D eigenvalue weighted by Gasteiger charge is -2.32. The first kappa shape index (κ1) is 25.0. The third-order valence-corrected chi connectivity index (χ3v) is 7.36. The van der Waals surface area contributed by atoms with Gasteiger partial charge in [0.15, 0.2) is 0 Å². The second-order valence-corrected chi connectivity index (χ2v) is 9.98. The summed E-state index contributed by atoms with van der Waals surface area (Å²) in [6.07, 6.45) is 6.96. The SMILES string of the molecule is CN1CCN(CCNC(=O)c2ccc(C(Nc3cc(-c4cccnc4)ccc3N)=C3CCC3)cc2)CC1. The molecule has 0 spiro atoms. The van der Waals surface area contributed by atoms with E-state index in [0.717, 1.165) is 73.6 Å². The highest BCUT2D eigenvalue weighted by Gasteiger charge is 2.18. The molecule has 5 rings (SSSR count). The number of carbonyl (C=O) groups excluding carboxylic acids is 1. The molecule has 1 saturated heterocycles. The Morgan fingerprint density at radius 2 is 1.73 bits per heavy atom. The number of piperazine rings is 1. The normalized spacial score (nSPS) is 16.2. The first-order valence-electron chi connectivity index (χ1n) is 13.2. The van der Waals surface area contributed by atoms with Crippen molar-refractivity contribution in [3.05, 3.63) is 83.7 Å². The van der Waals surface area contributed by atoms with Gasteiger partial charge in [-0.05, 0) is 73.3 Å². The van der Waals surface area contributed by atoms with Gasteiger partial charge in [0.2, 0.25) is 0 Å². The van der Waals surface area contributed by atoms with Crippen LogP contribution in [0.2, 0.25) is 0 Å². The maximum Gasteiger partial charge on any atom is 0.251 e. The average Bonchev–Trinajstić information content (AvgIpc) is 2.90. The molecular formula is C30H36N6O. The van der Waals surface area contributed by atoms with Crippen LogP contribution in [0.4, 0.5) is 11.4 Å². The van der Waals surface area contributed by atoms with Crippen molar-refractivity contribution in [2.75, 3.05) is 57.4 Å². The predicted molar refractivity (Wildman–Crippen MR) is 151 cm³/mol. The first-order valence-corrected chi connectivity index (χ1v) is 13.2. The smallest absolute Gasteiger partial charge is 0.251 e. The fourth-order valence-corrected chi connectivity index (χ4v) is 4.77. The van der Waals surface area contributed by atoms with E-state index >= 15 is 0 Å². The number of nitrogen functional groups attached to an aromatic ring is 1. The van der Waals surface area contributed by atoms with Crippen LogP contribution in [0.1, 0.15) is 35.2 Å². The molecule has 4 N–H and O–H groups in total. The number of nitrogens with one attached hydrogen (secondary N) is 2. The van der Waals surface area contributed by atoms with E-state index in [1.807, 2.05) is 54.7 Å². The second kappa shape index (κ2) is 11.6. The zero-order chi connectivity index (χ0) is 25.6. The van der Waals surface area contributed by atoms with Crippen LogP contribution >= 0.6 is 0 Å². The Hall–Kier alpha value is -3.68. The highest BCUT2D eigenvalue weighted by molar-refractivity contribution is 5.95. The summed E-state index contributed by atoms with van der Waals surface area (Å²) < 4.78 is 0. The lowest BCUT2D eigenvalue weighted by atomic mass is 9.88. The molecule has 7 heteroatoms. The Morgan fingerprint density at radius 3 is 2.41 bits per heavy atom. The maximum atomic E-state index is 12.7. The molecule has 2 heterocycles. The van der Waals surface area contributed by atoms with E-state index in [-0.39, 0.29) is 5.91 Å². The minimum absolute atomic E-state index is 0.0279. The van der Waals surface area contributed by atoms with Gasteiger partial charge in [0.1, 0.15) is 0 Å². The van der Waals surface area contributed by atoms with Crippen molar-refractivity contribution in [3.8, 4) is 11.1 Å². The van der Waals surface area contributed by atoms with Gasteiger partial charge in [0.05, 0.1) is 11.4 Å². The molecule has 7 nitrogen and oxygen atoms in total. The first-order chi connectivity index (χ1) is 18.1. The molecule has 1 amide bonds. The Bertz CT molecular complexity index is 1240. The van der Waals surface area contributed by atoms with E-state index in [2.05, 4.69) is 38.5 Å². The number of hydrogen-bond acceptors (Lipinski definition) is 6. The van der Waals surface area contributed by atoms with Gasteiger partial charge in [-0.1, -0.05) is 24.3 Å². The molecule has 37 heavy (non-hydrogen) atoms. The van der Waals surface area contributed by atoms with E-state index in [0.29, 0.717) is 17.8 Å². The van der Waals surface area contributed by atoms with E-state index in [9.17, 15) is 4.79 Å². The fourth-order valence-electron chi connectivity index (χ4n) is 4.77. The van der Waals surface area contributed by atoms with Crippen LogP contribution in [0, 0.1) is 0 Å². The largest absolute Gasteiger partial charge is 0.397 e. The molecule has 0 bridgehead atoms. The number of rotatable bonds is 8. The fraction of sp³-hybridized carbons (Fsp3) is 0.333. The number of likely N-dealkylation sites (N-methyl/N-ethyl adjacent to an activating group) is 1. The third kappa shape index (κ3) is 6.18. The van der Waals surface area contributed by atoms with Gasteiger partial charge in [-0.25, -0.2) is 0 Å². The van der Waals surface area contributed by atoms with Crippen molar-refractivity contribution < 1.29 is 4.79 Å². The zero-order valence-corrected chi connectivity index (χ0v) is 21.5. The van der Waals surface area contributed by atoms with Gasteiger partial charge in [-0.15, -0.1) is 0 Å². The number of amides is 1. The molecule has 1 aliphatic carbocycles. The molecule has 0 atom stereocenters. The van der Waals surface area contributed by atoms with E-state index in [1.54, 1.807) is 6.20 Å². The summed E-state index contributed by atoms with van der Waals surface area (Å²) in [5, 5.41) is 6.70. The number of nitrogens with zero attached hydrogens (tertiary/aromatic N) is 3. The van der Waals surface area contributed by atoms with Crippen molar-refractivity contribution in [2.24, 2.45) is 0 Å². The number of aromatic nitrogens is 1. The lowest BCUT2D eigenvalue weighted by Crippen LogP contribution is -2.46. The van der Waals surface area contributed by atoms with Crippen LogP contribution in [0.15, 0.2) is 72.6 Å². The van der Waals surface area contributed by atoms with E-state index in [1.165, 1.54) is 12.0 Å². The van der Waals surface area contributed by atoms with Crippen LogP contribution in [0.3, 0.4) is 0 Å². The molecule has 2 aliphatic rings. The Kier molecular flexibility index (Phi) is 7.82. The number of hydrogen-bond donors (Lipinski definition) is 3. The van der Waals surface area contributed by atoms with Crippen LogP contribution in [-0.4, -0.2) is 67.0 Å². The highest BCUT2D eigenvalue weighted by atomic mass is 16.1. The Balaban J connectivity index is 1.26. The van der Waals surface area contributed by atoms with E-state index in [4.69, 9.17) is 5.73 Å². The number of nitrogens with two attached hydrogens (primary N) is 1. The van der Waals surface area contributed by atoms with Gasteiger partial charge < -0.3 is 21.3 Å². The van der Waals surface area contributed by atoms with Gasteiger partial charge in [-0.2, -0.15) is 0 Å². The van der Waals surface area contributed by atoms with Crippen molar-refractivity contribution >= 4 is 23.0 Å². The van der Waals surface area contributed by atoms with Crippen molar-refractivity contribution in [2.45, 2.75) is 19.3 Å². The summed E-state index contributed by atoms with van der Waals surface area (Å²) in [6.45, 7) is 5.83. The van der Waals surface area contributed by atoms with Crippen LogP contribution in [-0.2, 0) is 0 Å². The predicted octanol–water partition coefficient (Wildman–Crippen LogP) is 4.32. The van der Waals surface area contributed by atoms with Crippen LogP contribution < -0.4 is 16.4 Å². The Morgan fingerprint density at radius 1 is 0.973 bits per heavy atom. The van der Waals surface area contributed by atoms with Crippen molar-refractivity contribution in [1.29, 1.82) is 0 Å². The standard InChI is InChI=1S/C30H36N6O/c1-35-16-18-36(19-17-35)15-14-33-30(37)24-9-7-23(8-10-24)29(22-4-2-5-22)34-28-20-25(11-12-27(28)31)26-6-3-13-32-21-26/h3,6-13,20-21,34H,2,4-5,14-19,31H2,1H3,(H,33,37). The third-order valence-electron chi connectivity index (χ3n) is 7.36. The molecule has 2 aromatic carbocycles. The van der Waals surface area contributed by atoms with Crippen molar-refractivity contribution in [3.63, 3.8) is 0 Å². The molecule has 1 aromatic heterocycles. The molecular weight excluding hydrogens is 460 g/mol. The molecule has 0 unspecified atom stereocenters. The minimum atomic E-state index is -0.0279. The molecule has 0 radical (unpaired) electrons. The minimum Gasteiger partial charge on any atom is -0.397 e. The highest BCUT2D eigenvalue weighted by Crippen LogP contribution is 2.36. The zero-order valence-electron chi connectivity index (χ0n) is 21.5. The van der Waals surface area contributed by atoms with Crippen LogP contribution in [0.25, 0.3) is 16.8 Å². The number of allylic oxidation sites excluding steroid dienone is 1. The molecule has 2 fully saturated rings. The molecule has 3 aromatic rings. The summed E-state index contributed by atoms with van der Waals surface area (Å²) >= 11 is 0. The Labute approximate surface area is 219 Å². The summed E-state index contributed by atoms with van der Waals surface area (Å²) in [5.74, 6) is -0.0279. The molecule has 1 aliphatic heterocycles. The summed E-state index contributed by atoms with van der Waals surface area (Å²) in [5.41, 5.74) is 14.3. The summed E-state index contributed by atoms with van der Waals surface area (Å²) in [6, 6.07) is 17.9. The topological polar surface area (TPSA) is 86.5 Å². The van der Waals surface area contributed by atoms with Gasteiger partial charge >= 0.3 is 0 Å². The van der Waals surface area contributed by atoms with Crippen molar-refractivity contribution in [1.82, 2.24) is 20.1 Å². The number of pyridine rings is 1. The average molecular weight is 497 g/mol. The summed E-state index contributed by atoms with van der Waals surface area (Å²) in [7, 11) is 2.15. The maximum absolute atomic E-state index is 12.7. The number of anilines is 2. The lowest BCUT2D eigenvalue weighted by molar-refractivity contribution is 0.0941. The number of carbonyl (C=O) groups is 1. The second-order valence-electron chi connectivity index (χ2n) is 9.98. The van der Waals surface area contributed by atoms with Gasteiger partial charge in [0, 0.05) is 68.5 Å².